The van der Waals surface area contributed by atoms with E-state index in [4.69, 9.17) is 9.47 Å². The van der Waals surface area contributed by atoms with Gasteiger partial charge in [0.25, 0.3) is 5.91 Å². The van der Waals surface area contributed by atoms with E-state index in [1.807, 2.05) is 30.3 Å². The maximum absolute atomic E-state index is 12.5. The molecule has 0 aliphatic rings. The number of carbonyl (C=O) groups is 1. The first-order valence-electron chi connectivity index (χ1n) is 7.25. The van der Waals surface area contributed by atoms with Crippen LogP contribution in [0.3, 0.4) is 0 Å². The lowest BCUT2D eigenvalue weighted by Crippen LogP contribution is -2.15. The zero-order valence-corrected chi connectivity index (χ0v) is 12.7. The molecule has 1 amide bonds. The summed E-state index contributed by atoms with van der Waals surface area (Å²) >= 11 is 0. The smallest absolute Gasteiger partial charge is 0.261 e. The van der Waals surface area contributed by atoms with Crippen LogP contribution < -0.4 is 10.1 Å². The lowest BCUT2D eigenvalue weighted by molar-refractivity contribution is 0.101. The zero-order chi connectivity index (χ0) is 16.1. The lowest BCUT2D eigenvalue weighted by Gasteiger charge is -2.10. The summed E-state index contributed by atoms with van der Waals surface area (Å²) in [5.41, 5.74) is 2.11. The van der Waals surface area contributed by atoms with Gasteiger partial charge in [-0.3, -0.25) is 10.1 Å². The van der Waals surface area contributed by atoms with Gasteiger partial charge in [0.1, 0.15) is 12.4 Å². The molecule has 6 nitrogen and oxygen atoms in total. The molecule has 6 heteroatoms. The third-order valence-electron chi connectivity index (χ3n) is 3.30. The number of aromatic nitrogens is 2. The Morgan fingerprint density at radius 1 is 1.13 bits per heavy atom. The minimum absolute atomic E-state index is 0.280. The molecular formula is C17H17N3O3. The highest BCUT2D eigenvalue weighted by molar-refractivity contribution is 6.05. The molecule has 118 valence electrons. The highest BCUT2D eigenvalue weighted by Crippen LogP contribution is 2.20. The van der Waals surface area contributed by atoms with Crippen LogP contribution in [0.15, 0.2) is 48.5 Å². The molecule has 23 heavy (non-hydrogen) atoms. The summed E-state index contributed by atoms with van der Waals surface area (Å²) in [6, 6.07) is 14.7. The highest BCUT2D eigenvalue weighted by atomic mass is 16.5. The molecule has 0 bridgehead atoms. The summed E-state index contributed by atoms with van der Waals surface area (Å²) in [7, 11) is 1.60. The number of amides is 1. The summed E-state index contributed by atoms with van der Waals surface area (Å²) in [4.78, 5) is 19.9. The quantitative estimate of drug-likeness (QED) is 0.686. The minimum atomic E-state index is -0.280. The molecular weight excluding hydrogens is 294 g/mol. The first kappa shape index (κ1) is 15.1. The van der Waals surface area contributed by atoms with Crippen molar-refractivity contribution in [2.45, 2.75) is 0 Å². The number of fused-ring (bicyclic) bond motifs is 1. The van der Waals surface area contributed by atoms with Crippen molar-refractivity contribution < 1.29 is 14.3 Å². The number of hydrogen-bond donors (Lipinski definition) is 2. The Hall–Kier alpha value is -2.86. The number of anilines is 1. The van der Waals surface area contributed by atoms with Crippen LogP contribution in [0.2, 0.25) is 0 Å². The van der Waals surface area contributed by atoms with E-state index in [0.717, 1.165) is 11.0 Å². The second kappa shape index (κ2) is 6.93. The van der Waals surface area contributed by atoms with Crippen LogP contribution in [0.5, 0.6) is 5.75 Å². The van der Waals surface area contributed by atoms with E-state index in [2.05, 4.69) is 15.3 Å². The monoisotopic (exact) mass is 311 g/mol. The summed E-state index contributed by atoms with van der Waals surface area (Å²) in [5.74, 6) is 0.637. The number of methoxy groups -OCH3 is 1. The molecule has 0 spiro atoms. The number of carbonyl (C=O) groups excluding carboxylic acids is 1. The van der Waals surface area contributed by atoms with Gasteiger partial charge in [-0.1, -0.05) is 24.3 Å². The van der Waals surface area contributed by atoms with E-state index in [1.54, 1.807) is 25.3 Å². The molecule has 1 aromatic heterocycles. The molecule has 0 fully saturated rings. The van der Waals surface area contributed by atoms with Gasteiger partial charge < -0.3 is 14.5 Å². The van der Waals surface area contributed by atoms with Gasteiger partial charge in [-0.25, -0.2) is 4.98 Å². The number of H-pyrrole nitrogens is 1. The fraction of sp³-hybridized carbons (Fsp3) is 0.176. The molecule has 3 rings (SSSR count). The fourth-order valence-corrected chi connectivity index (χ4v) is 2.20. The van der Waals surface area contributed by atoms with Gasteiger partial charge in [-0.2, -0.15) is 0 Å². The van der Waals surface area contributed by atoms with Crippen molar-refractivity contribution in [1.82, 2.24) is 9.97 Å². The van der Waals surface area contributed by atoms with Crippen LogP contribution >= 0.6 is 0 Å². The van der Waals surface area contributed by atoms with Gasteiger partial charge in [0.2, 0.25) is 5.95 Å². The molecule has 1 heterocycles. The predicted molar refractivity (Wildman–Crippen MR) is 87.9 cm³/mol. The molecule has 0 unspecified atom stereocenters. The number of para-hydroxylation sites is 3. The molecule has 0 aliphatic heterocycles. The Morgan fingerprint density at radius 2 is 1.91 bits per heavy atom. The van der Waals surface area contributed by atoms with Crippen molar-refractivity contribution in [2.24, 2.45) is 0 Å². The molecule has 0 radical (unpaired) electrons. The lowest BCUT2D eigenvalue weighted by atomic mass is 10.2. The van der Waals surface area contributed by atoms with Gasteiger partial charge in [0.05, 0.1) is 23.2 Å². The van der Waals surface area contributed by atoms with Crippen molar-refractivity contribution in [3.8, 4) is 5.75 Å². The molecule has 2 aromatic carbocycles. The first-order valence-corrected chi connectivity index (χ1v) is 7.25. The first-order chi connectivity index (χ1) is 11.3. The van der Waals surface area contributed by atoms with Gasteiger partial charge in [0, 0.05) is 7.11 Å². The number of rotatable bonds is 6. The third kappa shape index (κ3) is 3.49. The summed E-state index contributed by atoms with van der Waals surface area (Å²) < 4.78 is 10.5. The second-order valence-corrected chi connectivity index (χ2v) is 4.89. The maximum Gasteiger partial charge on any atom is 0.261 e. The standard InChI is InChI=1S/C17H17N3O3/c1-22-10-11-23-15-9-5-2-6-12(15)16(21)20-17-18-13-7-3-4-8-14(13)19-17/h2-9H,10-11H2,1H3,(H2,18,19,20,21). The van der Waals surface area contributed by atoms with Gasteiger partial charge in [-0.15, -0.1) is 0 Å². The van der Waals surface area contributed by atoms with Crippen molar-refractivity contribution >= 4 is 22.9 Å². The van der Waals surface area contributed by atoms with E-state index < -0.39 is 0 Å². The van der Waals surface area contributed by atoms with E-state index in [0.29, 0.717) is 30.5 Å². The van der Waals surface area contributed by atoms with Gasteiger partial charge >= 0.3 is 0 Å². The summed E-state index contributed by atoms with van der Waals surface area (Å²) in [5, 5.41) is 2.76. The van der Waals surface area contributed by atoms with Crippen LogP contribution in [0.4, 0.5) is 5.95 Å². The van der Waals surface area contributed by atoms with Crippen molar-refractivity contribution in [2.75, 3.05) is 25.6 Å². The molecule has 0 atom stereocenters. The van der Waals surface area contributed by atoms with E-state index >= 15 is 0 Å². The van der Waals surface area contributed by atoms with Crippen molar-refractivity contribution in [3.63, 3.8) is 0 Å². The van der Waals surface area contributed by atoms with Gasteiger partial charge in [0.15, 0.2) is 0 Å². The number of nitrogens with zero attached hydrogens (tertiary/aromatic N) is 1. The second-order valence-electron chi connectivity index (χ2n) is 4.89. The number of imidazole rings is 1. The van der Waals surface area contributed by atoms with E-state index in [9.17, 15) is 4.79 Å². The topological polar surface area (TPSA) is 76.2 Å². The van der Waals surface area contributed by atoms with Gasteiger partial charge in [-0.05, 0) is 24.3 Å². The average Bonchev–Trinajstić information content (AvgIpc) is 2.97. The molecule has 3 aromatic rings. The Labute approximate surface area is 133 Å². The average molecular weight is 311 g/mol. The minimum Gasteiger partial charge on any atom is -0.490 e. The van der Waals surface area contributed by atoms with E-state index in [-0.39, 0.29) is 5.91 Å². The fourth-order valence-electron chi connectivity index (χ4n) is 2.20. The van der Waals surface area contributed by atoms with E-state index in [1.165, 1.54) is 0 Å². The highest BCUT2D eigenvalue weighted by Gasteiger charge is 2.14. The predicted octanol–water partition coefficient (Wildman–Crippen LogP) is 2.84. The molecule has 0 saturated heterocycles. The van der Waals surface area contributed by atoms with Crippen molar-refractivity contribution in [3.05, 3.63) is 54.1 Å². The zero-order valence-electron chi connectivity index (χ0n) is 12.7. The number of hydrogen-bond acceptors (Lipinski definition) is 4. The molecule has 0 saturated carbocycles. The van der Waals surface area contributed by atoms with Crippen LogP contribution in [0, 0.1) is 0 Å². The number of benzene rings is 2. The largest absolute Gasteiger partial charge is 0.490 e. The Balaban J connectivity index is 1.77. The SMILES string of the molecule is COCCOc1ccccc1C(=O)Nc1nc2ccccc2[nH]1. The van der Waals surface area contributed by atoms with Crippen LogP contribution in [-0.2, 0) is 4.74 Å². The van der Waals surface area contributed by atoms with Crippen LogP contribution in [0.25, 0.3) is 11.0 Å². The molecule has 2 N–H and O–H groups in total. The maximum atomic E-state index is 12.5. The van der Waals surface area contributed by atoms with Crippen LogP contribution in [-0.4, -0.2) is 36.2 Å². The number of ether oxygens (including phenoxy) is 2. The Morgan fingerprint density at radius 3 is 2.74 bits per heavy atom. The summed E-state index contributed by atoms with van der Waals surface area (Å²) in [6.45, 7) is 0.838. The van der Waals surface area contributed by atoms with Crippen LogP contribution in [0.1, 0.15) is 10.4 Å². The third-order valence-corrected chi connectivity index (χ3v) is 3.30. The van der Waals surface area contributed by atoms with Crippen molar-refractivity contribution in [1.29, 1.82) is 0 Å². The summed E-state index contributed by atoms with van der Waals surface area (Å²) in [6.07, 6.45) is 0. The molecule has 0 aliphatic carbocycles. The Kier molecular flexibility index (Phi) is 4.54. The number of nitrogens with one attached hydrogen (secondary N) is 2. The normalized spacial score (nSPS) is 10.7. The Bertz CT molecular complexity index is 780. The number of aromatic amines is 1.